The molecule has 11 heteroatoms. The lowest BCUT2D eigenvalue weighted by molar-refractivity contribution is -0.141. The van der Waals surface area contributed by atoms with Crippen molar-refractivity contribution in [1.29, 1.82) is 0 Å². The summed E-state index contributed by atoms with van der Waals surface area (Å²) in [7, 11) is 0. The molecule has 0 bridgehead atoms. The lowest BCUT2D eigenvalue weighted by Gasteiger charge is -2.27. The molecule has 1 fully saturated rings. The van der Waals surface area contributed by atoms with E-state index in [0.717, 1.165) is 31.9 Å². The van der Waals surface area contributed by atoms with E-state index in [0.29, 0.717) is 28.6 Å². The minimum absolute atomic E-state index is 0.180. The van der Waals surface area contributed by atoms with Crippen molar-refractivity contribution in [2.75, 3.05) is 11.9 Å². The van der Waals surface area contributed by atoms with Crippen LogP contribution in [0, 0.1) is 5.92 Å². The zero-order chi connectivity index (χ0) is 24.7. The molecule has 0 spiro atoms. The van der Waals surface area contributed by atoms with Gasteiger partial charge in [-0.25, -0.2) is 4.98 Å². The highest BCUT2D eigenvalue weighted by Gasteiger charge is 2.34. The molecule has 1 aliphatic rings. The molecular weight excluding hydrogens is 451 g/mol. The third-order valence-electron chi connectivity index (χ3n) is 6.17. The van der Waals surface area contributed by atoms with Gasteiger partial charge in [-0.05, 0) is 57.6 Å². The summed E-state index contributed by atoms with van der Waals surface area (Å²) in [5, 5.41) is 28.0. The van der Waals surface area contributed by atoms with E-state index in [1.807, 2.05) is 10.9 Å². The zero-order valence-electron chi connectivity index (χ0n) is 18.8. The first-order valence-corrected chi connectivity index (χ1v) is 11.0. The quantitative estimate of drug-likeness (QED) is 0.511. The van der Waals surface area contributed by atoms with Crippen LogP contribution in [0.2, 0.25) is 0 Å². The Morgan fingerprint density at radius 3 is 2.50 bits per heavy atom. The number of anilines is 1. The van der Waals surface area contributed by atoms with Crippen LogP contribution in [0.4, 0.5) is 18.9 Å². The van der Waals surface area contributed by atoms with Gasteiger partial charge in [-0.1, -0.05) is 0 Å². The topological polar surface area (TPSA) is 113 Å². The summed E-state index contributed by atoms with van der Waals surface area (Å²) in [5.41, 5.74) is -1.89. The Hall–Kier alpha value is -3.05. The minimum Gasteiger partial charge on any atom is -0.396 e. The van der Waals surface area contributed by atoms with Crippen LogP contribution in [0.3, 0.4) is 0 Å². The second-order valence-electron chi connectivity index (χ2n) is 9.22. The highest BCUT2D eigenvalue weighted by atomic mass is 19.4. The number of carbonyl (C=O) groups excluding carboxylic acids is 1. The van der Waals surface area contributed by atoms with Crippen LogP contribution in [0.1, 0.15) is 67.3 Å². The van der Waals surface area contributed by atoms with Crippen molar-refractivity contribution >= 4 is 22.5 Å². The van der Waals surface area contributed by atoms with Crippen molar-refractivity contribution in [3.05, 3.63) is 47.7 Å². The van der Waals surface area contributed by atoms with Crippen molar-refractivity contribution in [3.63, 3.8) is 0 Å². The summed E-state index contributed by atoms with van der Waals surface area (Å²) < 4.78 is 40.8. The first-order valence-electron chi connectivity index (χ1n) is 11.0. The fraction of sp³-hybridized carbons (Fsp3) is 0.478. The number of nitrogens with one attached hydrogen (secondary N) is 1. The highest BCUT2D eigenvalue weighted by molar-refractivity contribution is 6.04. The summed E-state index contributed by atoms with van der Waals surface area (Å²) in [6, 6.07) is 3.49. The SMILES string of the molecule is CC(C)(O)c1cc2nn([C@H]3CC[C@H](CO)CC3)cc2cc1NC(=O)c1cncc(C(F)(F)F)n1. The van der Waals surface area contributed by atoms with Crippen molar-refractivity contribution < 1.29 is 28.2 Å². The Morgan fingerprint density at radius 2 is 1.88 bits per heavy atom. The third kappa shape index (κ3) is 5.05. The number of aromatic nitrogens is 4. The second kappa shape index (κ2) is 8.95. The lowest BCUT2D eigenvalue weighted by atomic mass is 9.87. The fourth-order valence-electron chi connectivity index (χ4n) is 4.28. The van der Waals surface area contributed by atoms with Crippen molar-refractivity contribution in [2.45, 2.75) is 57.3 Å². The summed E-state index contributed by atoms with van der Waals surface area (Å²) in [5.74, 6) is -0.568. The Morgan fingerprint density at radius 1 is 1.18 bits per heavy atom. The fourth-order valence-corrected chi connectivity index (χ4v) is 4.28. The van der Waals surface area contributed by atoms with Gasteiger partial charge in [-0.2, -0.15) is 18.3 Å². The highest BCUT2D eigenvalue weighted by Crippen LogP contribution is 2.35. The van der Waals surface area contributed by atoms with Gasteiger partial charge < -0.3 is 15.5 Å². The number of benzene rings is 1. The Balaban J connectivity index is 1.66. The van der Waals surface area contributed by atoms with Gasteiger partial charge in [0.1, 0.15) is 5.69 Å². The van der Waals surface area contributed by atoms with Crippen LogP contribution in [0.15, 0.2) is 30.7 Å². The molecule has 1 saturated carbocycles. The molecular formula is C23H26F3N5O3. The first-order chi connectivity index (χ1) is 16.0. The second-order valence-corrected chi connectivity index (χ2v) is 9.22. The first kappa shape index (κ1) is 24.1. The van der Waals surface area contributed by atoms with Gasteiger partial charge in [-0.15, -0.1) is 0 Å². The number of alkyl halides is 3. The lowest BCUT2D eigenvalue weighted by Crippen LogP contribution is -2.22. The van der Waals surface area contributed by atoms with Crippen LogP contribution in [-0.2, 0) is 11.8 Å². The number of hydrogen-bond acceptors (Lipinski definition) is 6. The van der Waals surface area contributed by atoms with E-state index in [4.69, 9.17) is 0 Å². The molecule has 8 nitrogen and oxygen atoms in total. The van der Waals surface area contributed by atoms with Gasteiger partial charge in [-0.3, -0.25) is 14.5 Å². The largest absolute Gasteiger partial charge is 0.434 e. The number of carbonyl (C=O) groups is 1. The van der Waals surface area contributed by atoms with Crippen LogP contribution in [0.5, 0.6) is 0 Å². The average Bonchev–Trinajstić information content (AvgIpc) is 3.20. The zero-order valence-corrected chi connectivity index (χ0v) is 18.8. The molecule has 0 radical (unpaired) electrons. The monoisotopic (exact) mass is 477 g/mol. The van der Waals surface area contributed by atoms with E-state index in [-0.39, 0.29) is 18.3 Å². The van der Waals surface area contributed by atoms with Gasteiger partial charge in [0.05, 0.1) is 29.6 Å². The van der Waals surface area contributed by atoms with Gasteiger partial charge >= 0.3 is 6.18 Å². The Kier molecular flexibility index (Phi) is 6.34. The van der Waals surface area contributed by atoms with E-state index in [1.165, 1.54) is 0 Å². The minimum atomic E-state index is -4.73. The third-order valence-corrected chi connectivity index (χ3v) is 6.17. The van der Waals surface area contributed by atoms with E-state index >= 15 is 0 Å². The molecule has 0 saturated heterocycles. The standard InChI is InChI=1S/C23H26F3N5O3/c1-22(2,34)16-8-17-14(11-31(30-17)15-5-3-13(12-32)4-6-15)7-18(16)29-21(33)19-9-27-10-20(28-19)23(24,25)26/h7-11,13,15,32,34H,3-6,12H2,1-2H3,(H,29,33)/t13-,15-. The van der Waals surface area contributed by atoms with Crippen molar-refractivity contribution in [2.24, 2.45) is 5.92 Å². The number of aliphatic hydroxyl groups excluding tert-OH is 1. The summed E-state index contributed by atoms with van der Waals surface area (Å²) in [6.45, 7) is 3.27. The maximum atomic E-state index is 13.0. The molecule has 34 heavy (non-hydrogen) atoms. The molecule has 182 valence electrons. The van der Waals surface area contributed by atoms with Crippen LogP contribution >= 0.6 is 0 Å². The van der Waals surface area contributed by atoms with Gasteiger partial charge in [0.15, 0.2) is 5.69 Å². The predicted molar refractivity (Wildman–Crippen MR) is 118 cm³/mol. The van der Waals surface area contributed by atoms with Crippen LogP contribution in [-0.4, -0.2) is 42.5 Å². The number of amides is 1. The smallest absolute Gasteiger partial charge is 0.396 e. The van der Waals surface area contributed by atoms with Crippen molar-refractivity contribution in [3.8, 4) is 0 Å². The Labute approximate surface area is 193 Å². The van der Waals surface area contributed by atoms with Gasteiger partial charge in [0.25, 0.3) is 5.91 Å². The summed E-state index contributed by atoms with van der Waals surface area (Å²) in [6.07, 6.45) is 2.21. The number of nitrogens with zero attached hydrogens (tertiary/aromatic N) is 4. The molecule has 3 N–H and O–H groups in total. The van der Waals surface area contributed by atoms with E-state index < -0.39 is 29.1 Å². The van der Waals surface area contributed by atoms with E-state index in [2.05, 4.69) is 20.4 Å². The molecule has 2 aromatic heterocycles. The molecule has 3 aromatic rings. The molecule has 1 amide bonds. The summed E-state index contributed by atoms with van der Waals surface area (Å²) >= 11 is 0. The number of rotatable bonds is 5. The van der Waals surface area contributed by atoms with Crippen LogP contribution in [0.25, 0.3) is 10.9 Å². The Bertz CT molecular complexity index is 1190. The molecule has 0 atom stereocenters. The maximum Gasteiger partial charge on any atom is 0.434 e. The molecule has 0 unspecified atom stereocenters. The van der Waals surface area contributed by atoms with Gasteiger partial charge in [0, 0.05) is 29.4 Å². The molecule has 1 aromatic carbocycles. The van der Waals surface area contributed by atoms with E-state index in [9.17, 15) is 28.2 Å². The summed E-state index contributed by atoms with van der Waals surface area (Å²) in [4.78, 5) is 19.6. The average molecular weight is 477 g/mol. The molecule has 2 heterocycles. The number of hydrogen-bond donors (Lipinski definition) is 3. The molecule has 0 aliphatic heterocycles. The van der Waals surface area contributed by atoms with Crippen LogP contribution < -0.4 is 5.32 Å². The van der Waals surface area contributed by atoms with Gasteiger partial charge in [0.2, 0.25) is 0 Å². The maximum absolute atomic E-state index is 13.0. The number of fused-ring (bicyclic) bond motifs is 1. The molecule has 4 rings (SSSR count). The normalized spacial score (nSPS) is 19.4. The van der Waals surface area contributed by atoms with Crippen molar-refractivity contribution in [1.82, 2.24) is 19.7 Å². The predicted octanol–water partition coefficient (Wildman–Crippen LogP) is 4.05. The molecule has 1 aliphatic carbocycles. The van der Waals surface area contributed by atoms with E-state index in [1.54, 1.807) is 26.0 Å². The number of aliphatic hydroxyl groups is 2. The number of halogens is 3.